The van der Waals surface area contributed by atoms with Crippen molar-refractivity contribution in [2.24, 2.45) is 5.73 Å². The second-order valence-corrected chi connectivity index (χ2v) is 3.84. The molecule has 0 aliphatic heterocycles. The quantitative estimate of drug-likeness (QED) is 0.840. The summed E-state index contributed by atoms with van der Waals surface area (Å²) in [5, 5.41) is 3.15. The lowest BCUT2D eigenvalue weighted by atomic mass is 10.3. The van der Waals surface area contributed by atoms with E-state index in [1.54, 1.807) is 12.1 Å². The van der Waals surface area contributed by atoms with Crippen LogP contribution in [0.3, 0.4) is 0 Å². The van der Waals surface area contributed by atoms with E-state index in [9.17, 15) is 4.79 Å². The van der Waals surface area contributed by atoms with Crippen LogP contribution in [0.4, 0.5) is 16.2 Å². The number of nitrogens with two attached hydrogens (primary N) is 1. The molecule has 0 radical (unpaired) electrons. The number of primary amides is 1. The first-order valence-electron chi connectivity index (χ1n) is 5.63. The molecule has 2 rings (SSSR count). The Bertz CT molecular complexity index is 513. The summed E-state index contributed by atoms with van der Waals surface area (Å²) in [6.45, 7) is 0. The predicted octanol–water partition coefficient (Wildman–Crippen LogP) is 2.62. The molecule has 4 heteroatoms. The summed E-state index contributed by atoms with van der Waals surface area (Å²) >= 11 is 0. The van der Waals surface area contributed by atoms with Gasteiger partial charge in [-0.2, -0.15) is 0 Å². The van der Waals surface area contributed by atoms with E-state index < -0.39 is 6.03 Å². The minimum absolute atomic E-state index is 0.521. The van der Waals surface area contributed by atoms with E-state index in [0.717, 1.165) is 11.4 Å². The number of amides is 2. The van der Waals surface area contributed by atoms with Crippen molar-refractivity contribution in [1.82, 2.24) is 0 Å². The summed E-state index contributed by atoms with van der Waals surface area (Å²) in [6.07, 6.45) is 0. The zero-order valence-electron chi connectivity index (χ0n) is 10.2. The van der Waals surface area contributed by atoms with Gasteiger partial charge in [-0.1, -0.05) is 36.4 Å². The Morgan fingerprint density at radius 3 is 1.78 bits per heavy atom. The molecular weight excluding hydrogens is 226 g/mol. The molecule has 0 saturated carbocycles. The summed E-state index contributed by atoms with van der Waals surface area (Å²) < 4.78 is 0. The molecule has 0 atom stereocenters. The fraction of sp³-hybridized carbons (Fsp3) is 0.0714. The van der Waals surface area contributed by atoms with Gasteiger partial charge in [0.05, 0.1) is 11.4 Å². The van der Waals surface area contributed by atoms with Crippen LogP contribution in [-0.2, 0) is 0 Å². The van der Waals surface area contributed by atoms with E-state index in [0.29, 0.717) is 0 Å². The molecular formula is C14H15N3O. The van der Waals surface area contributed by atoms with Gasteiger partial charge in [-0.05, 0) is 24.3 Å². The highest BCUT2D eigenvalue weighted by Gasteiger charge is 2.17. The molecule has 0 bridgehead atoms. The van der Waals surface area contributed by atoms with Crippen molar-refractivity contribution in [2.75, 3.05) is 17.1 Å². The van der Waals surface area contributed by atoms with Crippen LogP contribution in [0.25, 0.3) is 0 Å². The standard InChI is InChI=1S/C14H15N3O/c1-16(12-8-4-2-5-9-12)17(14(15)18)13-10-6-3-7-11-13/h2-11H,1H3,(H2,15,18). The summed E-state index contributed by atoms with van der Waals surface area (Å²) in [7, 11) is 1.80. The zero-order valence-corrected chi connectivity index (χ0v) is 10.2. The minimum atomic E-state index is -0.521. The first kappa shape index (κ1) is 12.0. The van der Waals surface area contributed by atoms with Crippen LogP contribution in [0, 0.1) is 0 Å². The second-order valence-electron chi connectivity index (χ2n) is 3.84. The van der Waals surface area contributed by atoms with Crippen molar-refractivity contribution >= 4 is 17.4 Å². The van der Waals surface area contributed by atoms with Crippen molar-refractivity contribution in [1.29, 1.82) is 0 Å². The van der Waals surface area contributed by atoms with Crippen molar-refractivity contribution in [2.45, 2.75) is 0 Å². The van der Waals surface area contributed by atoms with Gasteiger partial charge in [0.1, 0.15) is 0 Å². The zero-order chi connectivity index (χ0) is 13.0. The lowest BCUT2D eigenvalue weighted by molar-refractivity contribution is 0.253. The third-order valence-corrected chi connectivity index (χ3v) is 2.64. The molecule has 0 aliphatic rings. The van der Waals surface area contributed by atoms with Gasteiger partial charge in [-0.15, -0.1) is 0 Å². The van der Waals surface area contributed by atoms with Crippen molar-refractivity contribution in [3.63, 3.8) is 0 Å². The minimum Gasteiger partial charge on any atom is -0.350 e. The Labute approximate surface area is 106 Å². The molecule has 18 heavy (non-hydrogen) atoms. The number of para-hydroxylation sites is 2. The fourth-order valence-electron chi connectivity index (χ4n) is 1.78. The Hall–Kier alpha value is -2.49. The van der Waals surface area contributed by atoms with Crippen LogP contribution in [0.15, 0.2) is 60.7 Å². The van der Waals surface area contributed by atoms with Crippen LogP contribution < -0.4 is 15.8 Å². The van der Waals surface area contributed by atoms with Gasteiger partial charge in [0.15, 0.2) is 0 Å². The molecule has 0 fully saturated rings. The summed E-state index contributed by atoms with van der Waals surface area (Å²) in [6, 6.07) is 18.4. The highest BCUT2D eigenvalue weighted by atomic mass is 16.2. The molecule has 0 saturated heterocycles. The molecule has 0 aliphatic carbocycles. The molecule has 0 heterocycles. The number of hydrazine groups is 1. The van der Waals surface area contributed by atoms with Crippen LogP contribution in [0.1, 0.15) is 0 Å². The predicted molar refractivity (Wildman–Crippen MR) is 73.3 cm³/mol. The monoisotopic (exact) mass is 241 g/mol. The average molecular weight is 241 g/mol. The molecule has 0 spiro atoms. The smallest absolute Gasteiger partial charge is 0.338 e. The van der Waals surface area contributed by atoms with Crippen molar-refractivity contribution in [3.8, 4) is 0 Å². The number of hydrogen-bond donors (Lipinski definition) is 1. The number of hydrogen-bond acceptors (Lipinski definition) is 2. The lowest BCUT2D eigenvalue weighted by Gasteiger charge is -2.31. The molecule has 0 unspecified atom stereocenters. The van der Waals surface area contributed by atoms with E-state index >= 15 is 0 Å². The van der Waals surface area contributed by atoms with Crippen molar-refractivity contribution < 1.29 is 4.79 Å². The number of nitrogens with zero attached hydrogens (tertiary/aromatic N) is 2. The first-order chi connectivity index (χ1) is 8.70. The number of benzene rings is 2. The third kappa shape index (κ3) is 2.43. The summed E-state index contributed by atoms with van der Waals surface area (Å²) in [5.41, 5.74) is 7.07. The fourth-order valence-corrected chi connectivity index (χ4v) is 1.78. The Morgan fingerprint density at radius 1 is 0.889 bits per heavy atom. The molecule has 2 amide bonds. The van der Waals surface area contributed by atoms with Gasteiger partial charge in [0, 0.05) is 7.05 Å². The summed E-state index contributed by atoms with van der Waals surface area (Å²) in [5.74, 6) is 0. The van der Waals surface area contributed by atoms with Gasteiger partial charge in [0.2, 0.25) is 0 Å². The van der Waals surface area contributed by atoms with Gasteiger partial charge in [0.25, 0.3) is 0 Å². The van der Waals surface area contributed by atoms with E-state index in [1.807, 2.05) is 60.7 Å². The number of urea groups is 1. The maximum atomic E-state index is 11.6. The van der Waals surface area contributed by atoms with Gasteiger partial charge >= 0.3 is 6.03 Å². The van der Waals surface area contributed by atoms with E-state index in [4.69, 9.17) is 5.73 Å². The van der Waals surface area contributed by atoms with E-state index in [2.05, 4.69) is 0 Å². The highest BCUT2D eigenvalue weighted by Crippen LogP contribution is 2.20. The SMILES string of the molecule is CN(c1ccccc1)N(C(N)=O)c1ccccc1. The normalized spacial score (nSPS) is 9.83. The number of rotatable bonds is 3. The summed E-state index contributed by atoms with van der Waals surface area (Å²) in [4.78, 5) is 11.6. The number of anilines is 2. The molecule has 4 nitrogen and oxygen atoms in total. The topological polar surface area (TPSA) is 49.6 Å². The van der Waals surface area contributed by atoms with Gasteiger partial charge in [-0.3, -0.25) is 5.01 Å². The highest BCUT2D eigenvalue weighted by molar-refractivity contribution is 5.93. The largest absolute Gasteiger partial charge is 0.350 e. The van der Waals surface area contributed by atoms with Crippen LogP contribution in [-0.4, -0.2) is 13.1 Å². The number of carbonyl (C=O) groups is 1. The molecule has 2 N–H and O–H groups in total. The van der Waals surface area contributed by atoms with Crippen LogP contribution in [0.2, 0.25) is 0 Å². The molecule has 0 aromatic heterocycles. The van der Waals surface area contributed by atoms with E-state index in [-0.39, 0.29) is 0 Å². The molecule has 92 valence electrons. The Morgan fingerprint density at radius 2 is 1.33 bits per heavy atom. The van der Waals surface area contributed by atoms with Gasteiger partial charge in [-0.25, -0.2) is 9.80 Å². The Balaban J connectivity index is 2.35. The number of carbonyl (C=O) groups excluding carboxylic acids is 1. The lowest BCUT2D eigenvalue weighted by Crippen LogP contribution is -2.47. The van der Waals surface area contributed by atoms with Crippen molar-refractivity contribution in [3.05, 3.63) is 60.7 Å². The average Bonchev–Trinajstić information content (AvgIpc) is 2.40. The van der Waals surface area contributed by atoms with Gasteiger partial charge < -0.3 is 5.73 Å². The first-order valence-corrected chi connectivity index (χ1v) is 5.63. The van der Waals surface area contributed by atoms with Crippen LogP contribution in [0.5, 0.6) is 0 Å². The molecule has 2 aromatic carbocycles. The third-order valence-electron chi connectivity index (χ3n) is 2.64. The maximum Gasteiger partial charge on any atom is 0.338 e. The van der Waals surface area contributed by atoms with E-state index in [1.165, 1.54) is 5.01 Å². The van der Waals surface area contributed by atoms with Crippen LogP contribution >= 0.6 is 0 Å². The Kier molecular flexibility index (Phi) is 3.48. The molecule has 2 aromatic rings. The second kappa shape index (κ2) is 5.23. The maximum absolute atomic E-state index is 11.6.